The zero-order chi connectivity index (χ0) is 20.9. The van der Waals surface area contributed by atoms with E-state index in [9.17, 15) is 4.79 Å². The van der Waals surface area contributed by atoms with Crippen molar-refractivity contribution in [3.63, 3.8) is 0 Å². The van der Waals surface area contributed by atoms with Gasteiger partial charge >= 0.3 is 0 Å². The van der Waals surface area contributed by atoms with Gasteiger partial charge in [0.15, 0.2) is 0 Å². The van der Waals surface area contributed by atoms with Crippen LogP contribution in [0.5, 0.6) is 0 Å². The monoisotopic (exact) mass is 412 g/mol. The number of likely N-dealkylation sites (tertiary alicyclic amines) is 1. The van der Waals surface area contributed by atoms with Crippen LogP contribution in [-0.4, -0.2) is 47.5 Å². The largest absolute Gasteiger partial charge is 0.381 e. The second-order valence-corrected chi connectivity index (χ2v) is 8.90. The van der Waals surface area contributed by atoms with Crippen LogP contribution in [0.15, 0.2) is 42.1 Å². The number of nitrogens with zero attached hydrogens (tertiary/aromatic N) is 4. The summed E-state index contributed by atoms with van der Waals surface area (Å²) in [5.41, 5.74) is 6.44. The first kappa shape index (κ1) is 18.4. The minimum Gasteiger partial charge on any atom is -0.381 e. The second-order valence-electron chi connectivity index (χ2n) is 8.90. The Morgan fingerprint density at radius 1 is 1.16 bits per heavy atom. The van der Waals surface area contributed by atoms with E-state index in [0.29, 0.717) is 24.1 Å². The third kappa shape index (κ3) is 3.15. The molecule has 156 valence electrons. The van der Waals surface area contributed by atoms with Gasteiger partial charge in [-0.1, -0.05) is 12.1 Å². The molecular formula is C24H24N6O. The lowest BCUT2D eigenvalue weighted by atomic mass is 9.93. The Labute approximate surface area is 181 Å². The van der Waals surface area contributed by atoms with Gasteiger partial charge < -0.3 is 15.5 Å². The maximum atomic E-state index is 11.9. The number of nitriles is 1. The van der Waals surface area contributed by atoms with Crippen molar-refractivity contribution in [3.05, 3.63) is 58.8 Å². The molecule has 7 heteroatoms. The molecular weight excluding hydrogens is 388 g/mol. The minimum absolute atomic E-state index is 0.116. The topological polar surface area (TPSA) is 84.3 Å². The highest BCUT2D eigenvalue weighted by Gasteiger charge is 2.43. The zero-order valence-electron chi connectivity index (χ0n) is 17.3. The Kier molecular flexibility index (Phi) is 4.22. The van der Waals surface area contributed by atoms with Gasteiger partial charge in [-0.05, 0) is 42.2 Å². The normalized spacial score (nSPS) is 24.4. The van der Waals surface area contributed by atoms with E-state index in [1.165, 1.54) is 11.1 Å². The molecule has 7 nitrogen and oxygen atoms in total. The van der Waals surface area contributed by atoms with Crippen LogP contribution < -0.4 is 15.5 Å². The number of amides is 1. The average Bonchev–Trinajstić information content (AvgIpc) is 3.39. The number of carbonyl (C=O) groups is 1. The summed E-state index contributed by atoms with van der Waals surface area (Å²) in [7, 11) is 0. The number of hydrogen-bond acceptors (Lipinski definition) is 6. The number of nitrogens with one attached hydrogen (secondary N) is 2. The first-order valence-electron chi connectivity index (χ1n) is 10.9. The molecule has 0 radical (unpaired) electrons. The third-order valence-corrected chi connectivity index (χ3v) is 7.03. The zero-order valence-corrected chi connectivity index (χ0v) is 17.3. The van der Waals surface area contributed by atoms with E-state index >= 15 is 0 Å². The quantitative estimate of drug-likeness (QED) is 0.806. The van der Waals surface area contributed by atoms with Gasteiger partial charge in [-0.15, -0.1) is 0 Å². The number of fused-ring (bicyclic) bond motifs is 4. The molecule has 2 atom stereocenters. The summed E-state index contributed by atoms with van der Waals surface area (Å²) in [6, 6.07) is 13.5. The molecule has 31 heavy (non-hydrogen) atoms. The Morgan fingerprint density at radius 2 is 2.10 bits per heavy atom. The molecule has 4 aliphatic heterocycles. The molecule has 0 unspecified atom stereocenters. The molecule has 2 N–H and O–H groups in total. The van der Waals surface area contributed by atoms with Crippen LogP contribution in [0.2, 0.25) is 0 Å². The predicted octanol–water partition coefficient (Wildman–Crippen LogP) is 2.46. The highest BCUT2D eigenvalue weighted by molar-refractivity contribution is 5.94. The molecule has 2 bridgehead atoms. The number of piperazine rings is 1. The maximum Gasteiger partial charge on any atom is 0.224 e. The standard InChI is InChI=1S/C24H24N6O/c25-9-16-2-5-22(27-10-16)30-14-18-8-19(30)13-29(18)12-15-1-4-20-21(7-15)26-11-17-3-6-23(31)28-24(17)20/h1-2,4-5,7,10,18-19,26H,3,6,8,11-14H2,(H,28,31)/t18-,19-/m0/s1. The number of benzene rings is 1. The predicted molar refractivity (Wildman–Crippen MR) is 118 cm³/mol. The summed E-state index contributed by atoms with van der Waals surface area (Å²) in [5.74, 6) is 1.09. The molecule has 0 spiro atoms. The molecule has 5 heterocycles. The van der Waals surface area contributed by atoms with Crippen molar-refractivity contribution in [2.24, 2.45) is 0 Å². The van der Waals surface area contributed by atoms with Gasteiger partial charge in [0, 0.05) is 62.1 Å². The molecule has 1 aromatic carbocycles. The van der Waals surface area contributed by atoms with Gasteiger partial charge in [-0.2, -0.15) is 5.26 Å². The maximum absolute atomic E-state index is 11.9. The first-order valence-corrected chi connectivity index (χ1v) is 10.9. The second kappa shape index (κ2) is 7.10. The summed E-state index contributed by atoms with van der Waals surface area (Å²) in [6.45, 7) is 3.76. The van der Waals surface area contributed by atoms with Crippen molar-refractivity contribution >= 4 is 23.1 Å². The van der Waals surface area contributed by atoms with Crippen LogP contribution in [0.4, 0.5) is 11.5 Å². The van der Waals surface area contributed by atoms with Crippen molar-refractivity contribution in [3.8, 4) is 6.07 Å². The highest BCUT2D eigenvalue weighted by atomic mass is 16.1. The Bertz CT molecular complexity index is 1130. The lowest BCUT2D eigenvalue weighted by molar-refractivity contribution is -0.120. The van der Waals surface area contributed by atoms with E-state index in [1.54, 1.807) is 6.20 Å². The fourth-order valence-electron chi connectivity index (χ4n) is 5.45. The number of rotatable bonds is 3. The Hall–Kier alpha value is -3.37. The van der Waals surface area contributed by atoms with E-state index in [2.05, 4.69) is 49.7 Å². The fourth-order valence-corrected chi connectivity index (χ4v) is 5.45. The molecule has 4 aliphatic rings. The van der Waals surface area contributed by atoms with Crippen LogP contribution in [0.3, 0.4) is 0 Å². The number of carbonyl (C=O) groups excluding carboxylic acids is 1. The summed E-state index contributed by atoms with van der Waals surface area (Å²) < 4.78 is 0. The number of anilines is 2. The van der Waals surface area contributed by atoms with Crippen LogP contribution in [0.1, 0.15) is 36.0 Å². The highest BCUT2D eigenvalue weighted by Crippen LogP contribution is 2.37. The SMILES string of the molecule is N#Cc1ccc(N2C[C@@H]3C[C@H]2CN3Cc2ccc3c(c2)NCC2=C3NC(=O)CC2)nc1. The third-order valence-electron chi connectivity index (χ3n) is 7.03. The molecule has 0 saturated carbocycles. The molecule has 6 rings (SSSR count). The number of aromatic nitrogens is 1. The smallest absolute Gasteiger partial charge is 0.224 e. The summed E-state index contributed by atoms with van der Waals surface area (Å²) >= 11 is 0. The van der Waals surface area contributed by atoms with Crippen LogP contribution >= 0.6 is 0 Å². The van der Waals surface area contributed by atoms with Gasteiger partial charge in [0.25, 0.3) is 0 Å². The van der Waals surface area contributed by atoms with Crippen molar-refractivity contribution in [2.75, 3.05) is 29.9 Å². The van der Waals surface area contributed by atoms with E-state index in [4.69, 9.17) is 5.26 Å². The van der Waals surface area contributed by atoms with E-state index < -0.39 is 0 Å². The minimum atomic E-state index is 0.116. The molecule has 1 amide bonds. The molecule has 0 aliphatic carbocycles. The van der Waals surface area contributed by atoms with Crippen LogP contribution in [-0.2, 0) is 11.3 Å². The molecule has 1 aromatic heterocycles. The Morgan fingerprint density at radius 3 is 2.87 bits per heavy atom. The number of pyridine rings is 1. The Balaban J connectivity index is 1.15. The molecule has 2 saturated heterocycles. The van der Waals surface area contributed by atoms with Crippen molar-refractivity contribution in [1.82, 2.24) is 15.2 Å². The van der Waals surface area contributed by atoms with Gasteiger partial charge in [0.2, 0.25) is 5.91 Å². The lowest BCUT2D eigenvalue weighted by Crippen LogP contribution is -2.46. The van der Waals surface area contributed by atoms with E-state index in [0.717, 1.165) is 61.8 Å². The van der Waals surface area contributed by atoms with Gasteiger partial charge in [0.1, 0.15) is 11.9 Å². The van der Waals surface area contributed by atoms with Crippen LogP contribution in [0.25, 0.3) is 5.70 Å². The number of hydrogen-bond donors (Lipinski definition) is 2. The van der Waals surface area contributed by atoms with Crippen molar-refractivity contribution in [1.29, 1.82) is 5.26 Å². The van der Waals surface area contributed by atoms with Crippen LogP contribution in [0, 0.1) is 11.3 Å². The van der Waals surface area contributed by atoms with Gasteiger partial charge in [-0.3, -0.25) is 9.69 Å². The summed E-state index contributed by atoms with van der Waals surface area (Å²) in [4.78, 5) is 21.3. The fraction of sp³-hybridized carbons (Fsp3) is 0.375. The van der Waals surface area contributed by atoms with E-state index in [1.807, 2.05) is 12.1 Å². The van der Waals surface area contributed by atoms with Crippen molar-refractivity contribution in [2.45, 2.75) is 37.9 Å². The molecule has 2 aromatic rings. The first-order chi connectivity index (χ1) is 15.2. The summed E-state index contributed by atoms with van der Waals surface area (Å²) in [5, 5.41) is 15.6. The van der Waals surface area contributed by atoms with E-state index in [-0.39, 0.29) is 5.91 Å². The summed E-state index contributed by atoms with van der Waals surface area (Å²) in [6.07, 6.45) is 4.25. The molecule has 2 fully saturated rings. The lowest BCUT2D eigenvalue weighted by Gasteiger charge is -2.35. The van der Waals surface area contributed by atoms with Gasteiger partial charge in [-0.25, -0.2) is 4.98 Å². The van der Waals surface area contributed by atoms with Crippen molar-refractivity contribution < 1.29 is 4.79 Å². The average molecular weight is 412 g/mol. The van der Waals surface area contributed by atoms with Gasteiger partial charge in [0.05, 0.1) is 11.3 Å².